The van der Waals surface area contributed by atoms with Gasteiger partial charge in [-0.15, -0.1) is 0 Å². The molecule has 2 rings (SSSR count). The number of nitrogens with zero attached hydrogens (tertiary/aromatic N) is 1. The second-order valence-electron chi connectivity index (χ2n) is 4.19. The minimum absolute atomic E-state index is 0.294. The van der Waals surface area contributed by atoms with Crippen molar-refractivity contribution < 1.29 is 9.84 Å². The van der Waals surface area contributed by atoms with Gasteiger partial charge in [0.15, 0.2) is 0 Å². The van der Waals surface area contributed by atoms with Crippen LogP contribution in [0.2, 0.25) is 0 Å². The SMILES string of the molecule is OC(Cc1ccc(Br)cn1)C1CCOCC1. The standard InChI is InChI=1S/C12H16BrNO2/c13-10-1-2-11(14-8-10)7-12(15)9-3-5-16-6-4-9/h1-2,8-9,12,15H,3-7H2. The van der Waals surface area contributed by atoms with Gasteiger partial charge >= 0.3 is 0 Å². The Bertz CT molecular complexity index is 322. The average Bonchev–Trinajstić information content (AvgIpc) is 2.33. The largest absolute Gasteiger partial charge is 0.392 e. The number of pyridine rings is 1. The zero-order chi connectivity index (χ0) is 11.4. The fraction of sp³-hybridized carbons (Fsp3) is 0.583. The molecule has 16 heavy (non-hydrogen) atoms. The molecular weight excluding hydrogens is 270 g/mol. The normalized spacial score (nSPS) is 19.6. The molecule has 1 aliphatic rings. The lowest BCUT2D eigenvalue weighted by Crippen LogP contribution is -2.29. The van der Waals surface area contributed by atoms with Crippen molar-refractivity contribution in [1.29, 1.82) is 0 Å². The predicted octanol–water partition coefficient (Wildman–Crippen LogP) is 2.17. The summed E-state index contributed by atoms with van der Waals surface area (Å²) in [6.07, 6.45) is 4.02. The fourth-order valence-corrected chi connectivity index (χ4v) is 2.24. The molecule has 1 atom stereocenters. The second kappa shape index (κ2) is 5.75. The molecule has 0 aromatic carbocycles. The molecule has 4 heteroatoms. The van der Waals surface area contributed by atoms with E-state index in [4.69, 9.17) is 4.74 Å². The molecule has 2 heterocycles. The number of aliphatic hydroxyl groups excluding tert-OH is 1. The van der Waals surface area contributed by atoms with E-state index in [1.165, 1.54) is 0 Å². The second-order valence-corrected chi connectivity index (χ2v) is 5.10. The van der Waals surface area contributed by atoms with E-state index in [1.807, 2.05) is 12.1 Å². The number of halogens is 1. The third-order valence-corrected chi connectivity index (χ3v) is 3.49. The maximum Gasteiger partial charge on any atom is 0.0625 e. The van der Waals surface area contributed by atoms with Crippen molar-refractivity contribution in [3.05, 3.63) is 28.5 Å². The van der Waals surface area contributed by atoms with Crippen LogP contribution in [-0.2, 0) is 11.2 Å². The van der Waals surface area contributed by atoms with Crippen LogP contribution in [0.5, 0.6) is 0 Å². The quantitative estimate of drug-likeness (QED) is 0.926. The summed E-state index contributed by atoms with van der Waals surface area (Å²) >= 11 is 3.35. The van der Waals surface area contributed by atoms with Crippen LogP contribution in [0.15, 0.2) is 22.8 Å². The lowest BCUT2D eigenvalue weighted by atomic mass is 9.91. The first kappa shape index (κ1) is 12.0. The van der Waals surface area contributed by atoms with Crippen LogP contribution in [0.4, 0.5) is 0 Å². The molecule has 1 unspecified atom stereocenters. The molecule has 0 amide bonds. The summed E-state index contributed by atoms with van der Waals surface area (Å²) in [5.41, 5.74) is 0.946. The van der Waals surface area contributed by atoms with Gasteiger partial charge in [-0.3, -0.25) is 4.98 Å². The van der Waals surface area contributed by atoms with Gasteiger partial charge in [-0.05, 0) is 46.8 Å². The van der Waals surface area contributed by atoms with Crippen molar-refractivity contribution in [2.75, 3.05) is 13.2 Å². The van der Waals surface area contributed by atoms with Crippen molar-refractivity contribution in [3.63, 3.8) is 0 Å². The number of hydrogen-bond acceptors (Lipinski definition) is 3. The zero-order valence-corrected chi connectivity index (χ0v) is 10.7. The first-order valence-electron chi connectivity index (χ1n) is 5.62. The van der Waals surface area contributed by atoms with Gasteiger partial charge < -0.3 is 9.84 Å². The van der Waals surface area contributed by atoms with Gasteiger partial charge in [0.05, 0.1) is 6.10 Å². The van der Waals surface area contributed by atoms with Gasteiger partial charge in [0.25, 0.3) is 0 Å². The summed E-state index contributed by atoms with van der Waals surface area (Å²) in [7, 11) is 0. The highest BCUT2D eigenvalue weighted by Crippen LogP contribution is 2.21. The van der Waals surface area contributed by atoms with Gasteiger partial charge in [-0.1, -0.05) is 0 Å². The van der Waals surface area contributed by atoms with E-state index in [1.54, 1.807) is 6.20 Å². The van der Waals surface area contributed by atoms with E-state index in [0.717, 1.165) is 36.2 Å². The first-order valence-corrected chi connectivity index (χ1v) is 6.41. The summed E-state index contributed by atoms with van der Waals surface area (Å²) in [5.74, 6) is 0.360. The van der Waals surface area contributed by atoms with E-state index >= 15 is 0 Å². The molecule has 1 fully saturated rings. The molecule has 88 valence electrons. The minimum atomic E-state index is -0.294. The van der Waals surface area contributed by atoms with Crippen LogP contribution < -0.4 is 0 Å². The van der Waals surface area contributed by atoms with Gasteiger partial charge in [-0.2, -0.15) is 0 Å². The van der Waals surface area contributed by atoms with Crippen molar-refractivity contribution in [2.24, 2.45) is 5.92 Å². The Balaban J connectivity index is 1.90. The maximum atomic E-state index is 10.1. The van der Waals surface area contributed by atoms with E-state index in [0.29, 0.717) is 12.3 Å². The number of rotatable bonds is 3. The lowest BCUT2D eigenvalue weighted by molar-refractivity contribution is 0.00806. The fourth-order valence-electron chi connectivity index (χ4n) is 2.01. The van der Waals surface area contributed by atoms with Gasteiger partial charge in [0, 0.05) is 36.0 Å². The third kappa shape index (κ3) is 3.27. The van der Waals surface area contributed by atoms with E-state index < -0.39 is 0 Å². The number of aromatic nitrogens is 1. The average molecular weight is 286 g/mol. The topological polar surface area (TPSA) is 42.4 Å². The molecular formula is C12H16BrNO2. The Morgan fingerprint density at radius 3 is 2.81 bits per heavy atom. The van der Waals surface area contributed by atoms with Crippen LogP contribution in [-0.4, -0.2) is 29.4 Å². The summed E-state index contributed by atoms with van der Waals surface area (Å²) in [6.45, 7) is 1.55. The number of ether oxygens (including phenoxy) is 1. The number of hydrogen-bond donors (Lipinski definition) is 1. The van der Waals surface area contributed by atoms with Gasteiger partial charge in [-0.25, -0.2) is 0 Å². The molecule has 1 N–H and O–H groups in total. The van der Waals surface area contributed by atoms with Crippen molar-refractivity contribution in [3.8, 4) is 0 Å². The predicted molar refractivity (Wildman–Crippen MR) is 65.2 cm³/mol. The van der Waals surface area contributed by atoms with Crippen LogP contribution in [0.1, 0.15) is 18.5 Å². The third-order valence-electron chi connectivity index (χ3n) is 3.02. The molecule has 1 aliphatic heterocycles. The molecule has 0 aliphatic carbocycles. The number of aliphatic hydroxyl groups is 1. The summed E-state index contributed by atoms with van der Waals surface area (Å²) in [6, 6.07) is 3.91. The van der Waals surface area contributed by atoms with Crippen LogP contribution in [0.25, 0.3) is 0 Å². The van der Waals surface area contributed by atoms with Crippen molar-refractivity contribution in [1.82, 2.24) is 4.98 Å². The Morgan fingerprint density at radius 2 is 2.19 bits per heavy atom. The van der Waals surface area contributed by atoms with E-state index in [2.05, 4.69) is 20.9 Å². The molecule has 0 saturated carbocycles. The van der Waals surface area contributed by atoms with Crippen LogP contribution in [0, 0.1) is 5.92 Å². The first-order chi connectivity index (χ1) is 7.75. The molecule has 0 spiro atoms. The highest BCUT2D eigenvalue weighted by atomic mass is 79.9. The maximum absolute atomic E-state index is 10.1. The van der Waals surface area contributed by atoms with E-state index in [-0.39, 0.29) is 6.10 Å². The molecule has 0 bridgehead atoms. The molecule has 1 aromatic heterocycles. The Morgan fingerprint density at radius 1 is 1.44 bits per heavy atom. The van der Waals surface area contributed by atoms with Crippen LogP contribution in [0.3, 0.4) is 0 Å². The minimum Gasteiger partial charge on any atom is -0.392 e. The molecule has 0 radical (unpaired) electrons. The van der Waals surface area contributed by atoms with Crippen molar-refractivity contribution in [2.45, 2.75) is 25.4 Å². The van der Waals surface area contributed by atoms with Gasteiger partial charge in [0.2, 0.25) is 0 Å². The van der Waals surface area contributed by atoms with E-state index in [9.17, 15) is 5.11 Å². The Kier molecular flexibility index (Phi) is 4.32. The van der Waals surface area contributed by atoms with Crippen LogP contribution >= 0.6 is 15.9 Å². The Hall–Kier alpha value is -0.450. The highest BCUT2D eigenvalue weighted by molar-refractivity contribution is 9.10. The van der Waals surface area contributed by atoms with Gasteiger partial charge in [0.1, 0.15) is 0 Å². The highest BCUT2D eigenvalue weighted by Gasteiger charge is 2.22. The summed E-state index contributed by atoms with van der Waals surface area (Å²) in [4.78, 5) is 4.27. The monoisotopic (exact) mass is 285 g/mol. The molecule has 1 saturated heterocycles. The Labute approximate surface area is 104 Å². The summed E-state index contributed by atoms with van der Waals surface area (Å²) in [5, 5.41) is 10.1. The van der Waals surface area contributed by atoms with Crippen molar-refractivity contribution >= 4 is 15.9 Å². The molecule has 3 nitrogen and oxygen atoms in total. The smallest absolute Gasteiger partial charge is 0.0625 e. The molecule has 1 aromatic rings. The summed E-state index contributed by atoms with van der Waals surface area (Å²) < 4.78 is 6.25. The zero-order valence-electron chi connectivity index (χ0n) is 9.10. The lowest BCUT2D eigenvalue weighted by Gasteiger charge is -2.26.